The minimum Gasteiger partial charge on any atom is -0.508 e. The molecule has 3 aliphatic rings. The number of amides is 3. The highest BCUT2D eigenvalue weighted by molar-refractivity contribution is 5.96. The van der Waals surface area contributed by atoms with Crippen LogP contribution in [0, 0.1) is 17.3 Å². The highest BCUT2D eigenvalue weighted by atomic mass is 16.5. The summed E-state index contributed by atoms with van der Waals surface area (Å²) in [4.78, 5) is 62.3. The fourth-order valence-corrected chi connectivity index (χ4v) is 9.27. The van der Waals surface area contributed by atoms with Crippen LogP contribution in [-0.4, -0.2) is 107 Å². The second kappa shape index (κ2) is 18.3. The van der Waals surface area contributed by atoms with Crippen molar-refractivity contribution in [3.8, 4) is 28.1 Å². The van der Waals surface area contributed by atoms with Crippen LogP contribution in [-0.2, 0) is 59.4 Å². The van der Waals surface area contributed by atoms with E-state index < -0.39 is 41.3 Å². The van der Waals surface area contributed by atoms with E-state index in [1.165, 1.54) is 9.91 Å². The molecule has 2 aromatic carbocycles. The number of carbonyl (C=O) groups excluding carboxylic acids is 4. The summed E-state index contributed by atoms with van der Waals surface area (Å²) in [5, 5.41) is 16.7. The Morgan fingerprint density at radius 1 is 1.11 bits per heavy atom. The fourth-order valence-electron chi connectivity index (χ4n) is 9.27. The SMILES string of the molecule is CCn1c(-c2cnccc2COC)c2c3cc(ccc31)-c1cc(O)cc(c1)C[C@H](NC(=O)[C@H](C(C)C)N(C)C(=O)[C@@H]1CCOC1)C(=O)N1CCC[C@H](N1)C(=O)OCC(C)(C)C2. The zero-order chi connectivity index (χ0) is 43.6. The van der Waals surface area contributed by atoms with Gasteiger partial charge in [0.15, 0.2) is 0 Å². The number of hydrazine groups is 1. The Labute approximate surface area is 357 Å². The number of rotatable bonds is 9. The van der Waals surface area contributed by atoms with Crippen LogP contribution in [0.3, 0.4) is 0 Å². The van der Waals surface area contributed by atoms with E-state index in [4.69, 9.17) is 14.2 Å². The van der Waals surface area contributed by atoms with Gasteiger partial charge in [-0.1, -0.05) is 39.8 Å². The molecule has 2 fully saturated rings. The summed E-state index contributed by atoms with van der Waals surface area (Å²) in [5.74, 6) is -2.17. The number of phenolic OH excluding ortho intramolecular Hbond substituents is 1. The van der Waals surface area contributed by atoms with Gasteiger partial charge >= 0.3 is 5.97 Å². The van der Waals surface area contributed by atoms with Crippen molar-refractivity contribution in [1.29, 1.82) is 0 Å². The van der Waals surface area contributed by atoms with Crippen molar-refractivity contribution >= 4 is 34.6 Å². The number of carbonyl (C=O) groups is 4. The van der Waals surface area contributed by atoms with Crippen molar-refractivity contribution in [2.45, 2.75) is 98.0 Å². The Kier molecular flexibility index (Phi) is 13.2. The van der Waals surface area contributed by atoms with Gasteiger partial charge in [0.2, 0.25) is 11.8 Å². The molecule has 7 rings (SSSR count). The summed E-state index contributed by atoms with van der Waals surface area (Å²) in [6, 6.07) is 10.7. The molecule has 0 spiro atoms. The van der Waals surface area contributed by atoms with Crippen molar-refractivity contribution in [3.05, 3.63) is 71.5 Å². The number of hydrogen-bond donors (Lipinski definition) is 3. The van der Waals surface area contributed by atoms with Gasteiger partial charge in [-0.05, 0) is 96.7 Å². The van der Waals surface area contributed by atoms with Crippen LogP contribution in [0.2, 0.25) is 0 Å². The summed E-state index contributed by atoms with van der Waals surface area (Å²) >= 11 is 0. The molecule has 0 unspecified atom stereocenters. The molecule has 3 amide bonds. The van der Waals surface area contributed by atoms with Crippen LogP contribution in [0.15, 0.2) is 54.9 Å². The average Bonchev–Trinajstić information content (AvgIpc) is 3.88. The quantitative estimate of drug-likeness (QED) is 0.186. The van der Waals surface area contributed by atoms with Crippen molar-refractivity contribution in [3.63, 3.8) is 0 Å². The number of phenols is 1. The second-order valence-corrected chi connectivity index (χ2v) is 17.9. The summed E-state index contributed by atoms with van der Waals surface area (Å²) in [5.41, 5.74) is 9.88. The third-order valence-corrected chi connectivity index (χ3v) is 12.3. The van der Waals surface area contributed by atoms with Crippen LogP contribution >= 0.6 is 0 Å². The van der Waals surface area contributed by atoms with Gasteiger partial charge < -0.3 is 34.1 Å². The summed E-state index contributed by atoms with van der Waals surface area (Å²) in [7, 11) is 3.30. The first-order chi connectivity index (χ1) is 29.2. The molecule has 5 heterocycles. The molecule has 14 heteroatoms. The molecule has 3 N–H and O–H groups in total. The molecule has 0 aliphatic carbocycles. The van der Waals surface area contributed by atoms with Gasteiger partial charge in [0.05, 0.1) is 31.4 Å². The Hall–Kier alpha value is -5.31. The second-order valence-electron chi connectivity index (χ2n) is 17.9. The van der Waals surface area contributed by atoms with E-state index in [-0.39, 0.29) is 36.5 Å². The molecule has 61 heavy (non-hydrogen) atoms. The first-order valence-corrected chi connectivity index (χ1v) is 21.5. The summed E-state index contributed by atoms with van der Waals surface area (Å²) < 4.78 is 19.5. The van der Waals surface area contributed by atoms with Crippen LogP contribution in [0.1, 0.15) is 70.6 Å². The molecular weight excluding hydrogens is 777 g/mol. The number of aromatic hydroxyl groups is 1. The molecule has 0 radical (unpaired) electrons. The standard InChI is InChI=1S/C47H60N6O8/c1-8-52-40-12-11-30-22-35(40)36(42(52)37-24-48-15-13-31(37)25-59-7)23-47(4,5)27-61-46(58)38-10-9-16-53(50-38)45(57)39(20-29-18-33(30)21-34(54)19-29)49-43(55)41(28(2)3)51(6)44(56)32-14-17-60-26-32/h11-13,15,18-19,21-22,24,28,32,38-39,41,50,54H,8-10,14,16-17,20,23,25-27H2,1-7H3,(H,49,55)/t32-,38+,39+,41+/m1/s1. The molecule has 3 aliphatic heterocycles. The maximum atomic E-state index is 14.6. The van der Waals surface area contributed by atoms with Crippen molar-refractivity contribution in [2.24, 2.45) is 17.3 Å². The van der Waals surface area contributed by atoms with Crippen molar-refractivity contribution in [2.75, 3.05) is 40.5 Å². The zero-order valence-electron chi connectivity index (χ0n) is 36.5. The Bertz CT molecular complexity index is 2280. The normalized spacial score (nSPS) is 21.2. The zero-order valence-corrected chi connectivity index (χ0v) is 36.5. The maximum Gasteiger partial charge on any atom is 0.324 e. The Balaban J connectivity index is 1.34. The molecule has 2 aromatic heterocycles. The number of nitrogens with one attached hydrogen (secondary N) is 2. The Morgan fingerprint density at radius 3 is 2.64 bits per heavy atom. The van der Waals surface area contributed by atoms with Crippen molar-refractivity contribution < 1.29 is 38.5 Å². The van der Waals surface area contributed by atoms with Gasteiger partial charge in [0.1, 0.15) is 23.9 Å². The van der Waals surface area contributed by atoms with Crippen LogP contribution in [0.4, 0.5) is 0 Å². The van der Waals surface area contributed by atoms with Gasteiger partial charge in [-0.3, -0.25) is 29.2 Å². The van der Waals surface area contributed by atoms with Gasteiger partial charge in [-0.15, -0.1) is 0 Å². The van der Waals surface area contributed by atoms with E-state index in [0.29, 0.717) is 64.2 Å². The number of likely N-dealkylation sites (N-methyl/N-ethyl adjacent to an activating group) is 1. The molecule has 2 saturated heterocycles. The lowest BCUT2D eigenvalue weighted by molar-refractivity contribution is -0.155. The predicted octanol–water partition coefficient (Wildman–Crippen LogP) is 5.41. The lowest BCUT2D eigenvalue weighted by Crippen LogP contribution is -2.62. The summed E-state index contributed by atoms with van der Waals surface area (Å²) in [6.07, 6.45) is 5.81. The third kappa shape index (κ3) is 9.31. The highest BCUT2D eigenvalue weighted by Crippen LogP contribution is 2.41. The predicted molar refractivity (Wildman–Crippen MR) is 231 cm³/mol. The van der Waals surface area contributed by atoms with E-state index in [0.717, 1.165) is 44.4 Å². The number of fused-ring (bicyclic) bond motifs is 6. The number of aromatic nitrogens is 2. The lowest BCUT2D eigenvalue weighted by atomic mass is 9.84. The van der Waals surface area contributed by atoms with Gasteiger partial charge in [-0.25, -0.2) is 5.43 Å². The monoisotopic (exact) mass is 836 g/mol. The third-order valence-electron chi connectivity index (χ3n) is 12.3. The highest BCUT2D eigenvalue weighted by Gasteiger charge is 2.39. The minimum absolute atomic E-state index is 0.00958. The molecule has 4 atom stereocenters. The average molecular weight is 837 g/mol. The first-order valence-electron chi connectivity index (χ1n) is 21.5. The van der Waals surface area contributed by atoms with Crippen LogP contribution in [0.5, 0.6) is 5.75 Å². The van der Waals surface area contributed by atoms with E-state index in [1.807, 2.05) is 38.2 Å². The number of nitrogens with zero attached hydrogens (tertiary/aromatic N) is 4. The smallest absolute Gasteiger partial charge is 0.324 e. The number of esters is 1. The van der Waals surface area contributed by atoms with Crippen LogP contribution in [0.25, 0.3) is 33.3 Å². The van der Waals surface area contributed by atoms with E-state index in [9.17, 15) is 24.3 Å². The molecule has 6 bridgehead atoms. The summed E-state index contributed by atoms with van der Waals surface area (Å²) in [6.45, 7) is 12.3. The minimum atomic E-state index is -1.11. The maximum absolute atomic E-state index is 14.6. The number of aryl methyl sites for hydroxylation is 1. The number of ether oxygens (including phenoxy) is 3. The number of cyclic esters (lactones) is 1. The number of hydrogen-bond acceptors (Lipinski definition) is 10. The first kappa shape index (κ1) is 43.8. The molecular formula is C47H60N6O8. The van der Waals surface area contributed by atoms with Crippen LogP contribution < -0.4 is 10.7 Å². The van der Waals surface area contributed by atoms with Gasteiger partial charge in [0, 0.05) is 74.5 Å². The number of benzene rings is 2. The fraction of sp³-hybridized carbons (Fsp3) is 0.511. The van der Waals surface area contributed by atoms with Gasteiger partial charge in [-0.2, -0.15) is 0 Å². The van der Waals surface area contributed by atoms with E-state index in [1.54, 1.807) is 32.5 Å². The van der Waals surface area contributed by atoms with E-state index >= 15 is 0 Å². The Morgan fingerprint density at radius 2 is 1.92 bits per heavy atom. The number of pyridine rings is 1. The topological polar surface area (TPSA) is 165 Å². The molecule has 14 nitrogen and oxygen atoms in total. The van der Waals surface area contributed by atoms with Gasteiger partial charge in [0.25, 0.3) is 5.91 Å². The lowest BCUT2D eigenvalue weighted by Gasteiger charge is -2.37. The molecule has 0 saturated carbocycles. The van der Waals surface area contributed by atoms with Crippen molar-refractivity contribution in [1.82, 2.24) is 30.2 Å². The molecule has 326 valence electrons. The number of methoxy groups -OCH3 is 1. The van der Waals surface area contributed by atoms with E-state index in [2.05, 4.69) is 53.2 Å². The largest absolute Gasteiger partial charge is 0.508 e. The molecule has 4 aromatic rings.